The van der Waals surface area contributed by atoms with Crippen molar-refractivity contribution in [3.05, 3.63) is 114 Å². The Hall–Kier alpha value is -3.59. The smallest absolute Gasteiger partial charge is 0.311 e. The first-order valence-corrected chi connectivity index (χ1v) is 9.59. The summed E-state index contributed by atoms with van der Waals surface area (Å²) < 4.78 is 11.2. The molecule has 0 saturated heterocycles. The van der Waals surface area contributed by atoms with Gasteiger partial charge in [0.1, 0.15) is 5.75 Å². The number of methoxy groups -OCH3 is 1. The summed E-state index contributed by atoms with van der Waals surface area (Å²) in [7, 11) is 1.63. The Morgan fingerprint density at radius 2 is 1.41 bits per heavy atom. The van der Waals surface area contributed by atoms with Gasteiger partial charge in [-0.2, -0.15) is 0 Å². The summed E-state index contributed by atoms with van der Waals surface area (Å²) in [5.41, 5.74) is 2.78. The maximum Gasteiger partial charge on any atom is 0.311 e. The number of hydrogen-bond acceptors (Lipinski definition) is 3. The van der Waals surface area contributed by atoms with Crippen molar-refractivity contribution in [2.24, 2.45) is 0 Å². The fourth-order valence-electron chi connectivity index (χ4n) is 3.41. The van der Waals surface area contributed by atoms with Gasteiger partial charge in [-0.15, -0.1) is 0 Å². The van der Waals surface area contributed by atoms with Crippen molar-refractivity contribution >= 4 is 16.7 Å². The van der Waals surface area contributed by atoms with Crippen LogP contribution in [0.3, 0.4) is 0 Å². The van der Waals surface area contributed by atoms with E-state index < -0.39 is 6.10 Å². The second-order valence-electron chi connectivity index (χ2n) is 6.91. The first-order chi connectivity index (χ1) is 14.2. The van der Waals surface area contributed by atoms with Crippen LogP contribution in [0.5, 0.6) is 5.75 Å². The highest BCUT2D eigenvalue weighted by Crippen LogP contribution is 2.30. The molecule has 1 atom stereocenters. The van der Waals surface area contributed by atoms with Crippen molar-refractivity contribution in [1.82, 2.24) is 0 Å². The molecule has 0 amide bonds. The normalized spacial score (nSPS) is 11.8. The molecule has 0 N–H and O–H groups in total. The molecule has 0 bridgehead atoms. The Balaban J connectivity index is 1.66. The summed E-state index contributed by atoms with van der Waals surface area (Å²) in [5.74, 6) is 0.506. The molecule has 4 rings (SSSR count). The molecule has 0 aromatic heterocycles. The Morgan fingerprint density at radius 3 is 2.14 bits per heavy atom. The average Bonchev–Trinajstić information content (AvgIpc) is 2.78. The van der Waals surface area contributed by atoms with Crippen molar-refractivity contribution in [3.8, 4) is 5.75 Å². The molecule has 0 aliphatic rings. The van der Waals surface area contributed by atoms with Crippen LogP contribution in [0.25, 0.3) is 10.8 Å². The van der Waals surface area contributed by atoms with E-state index in [1.54, 1.807) is 7.11 Å². The van der Waals surface area contributed by atoms with Crippen molar-refractivity contribution in [2.75, 3.05) is 7.11 Å². The number of benzene rings is 4. The average molecular weight is 382 g/mol. The lowest BCUT2D eigenvalue weighted by molar-refractivity contribution is -0.146. The number of carbonyl (C=O) groups is 1. The number of carbonyl (C=O) groups excluding carboxylic acids is 1. The molecule has 0 saturated carbocycles. The van der Waals surface area contributed by atoms with E-state index in [2.05, 4.69) is 24.3 Å². The van der Waals surface area contributed by atoms with Crippen LogP contribution in [0, 0.1) is 0 Å². The fourth-order valence-corrected chi connectivity index (χ4v) is 3.41. The largest absolute Gasteiger partial charge is 0.497 e. The second kappa shape index (κ2) is 8.61. The van der Waals surface area contributed by atoms with E-state index in [1.165, 1.54) is 0 Å². The van der Waals surface area contributed by atoms with Gasteiger partial charge >= 0.3 is 5.97 Å². The van der Waals surface area contributed by atoms with Crippen molar-refractivity contribution in [3.63, 3.8) is 0 Å². The lowest BCUT2D eigenvalue weighted by atomic mass is 9.98. The second-order valence-corrected chi connectivity index (χ2v) is 6.91. The Bertz CT molecular complexity index is 1100. The van der Waals surface area contributed by atoms with Crippen LogP contribution in [0.1, 0.15) is 22.8 Å². The minimum Gasteiger partial charge on any atom is -0.497 e. The van der Waals surface area contributed by atoms with Gasteiger partial charge in [0.05, 0.1) is 13.5 Å². The van der Waals surface area contributed by atoms with E-state index in [1.807, 2.05) is 72.8 Å². The lowest BCUT2D eigenvalue weighted by Gasteiger charge is -2.20. The van der Waals surface area contributed by atoms with Crippen LogP contribution in [-0.2, 0) is 16.0 Å². The maximum atomic E-state index is 12.7. The number of rotatable bonds is 6. The van der Waals surface area contributed by atoms with E-state index >= 15 is 0 Å². The van der Waals surface area contributed by atoms with Gasteiger partial charge in [0.25, 0.3) is 0 Å². The molecule has 0 spiro atoms. The molecule has 144 valence electrons. The zero-order chi connectivity index (χ0) is 20.1. The summed E-state index contributed by atoms with van der Waals surface area (Å²) in [6.07, 6.45) is -0.247. The molecule has 29 heavy (non-hydrogen) atoms. The third-order valence-corrected chi connectivity index (χ3v) is 4.94. The minimum absolute atomic E-state index is 0.237. The first kappa shape index (κ1) is 18.8. The zero-order valence-electron chi connectivity index (χ0n) is 16.2. The van der Waals surface area contributed by atoms with Crippen LogP contribution in [0.4, 0.5) is 0 Å². The zero-order valence-corrected chi connectivity index (χ0v) is 16.2. The molecule has 0 fully saturated rings. The Kier molecular flexibility index (Phi) is 5.57. The predicted octanol–water partition coefficient (Wildman–Crippen LogP) is 5.72. The van der Waals surface area contributed by atoms with Crippen LogP contribution in [0.2, 0.25) is 0 Å². The van der Waals surface area contributed by atoms with Crippen molar-refractivity contribution < 1.29 is 14.3 Å². The maximum absolute atomic E-state index is 12.7. The third-order valence-electron chi connectivity index (χ3n) is 4.94. The summed E-state index contributed by atoms with van der Waals surface area (Å²) in [4.78, 5) is 12.7. The van der Waals surface area contributed by atoms with Gasteiger partial charge in [-0.05, 0) is 45.7 Å². The SMILES string of the molecule is COc1ccc(C(OC(=O)Cc2ccccc2)c2ccc3ccccc3c2)cc1. The van der Waals surface area contributed by atoms with Crippen LogP contribution < -0.4 is 4.74 Å². The Labute approximate surface area is 170 Å². The van der Waals surface area contributed by atoms with Crippen LogP contribution >= 0.6 is 0 Å². The molecule has 3 nitrogen and oxygen atoms in total. The predicted molar refractivity (Wildman–Crippen MR) is 115 cm³/mol. The lowest BCUT2D eigenvalue weighted by Crippen LogP contribution is -2.14. The van der Waals surface area contributed by atoms with Gasteiger partial charge in [0.2, 0.25) is 0 Å². The van der Waals surface area contributed by atoms with Crippen LogP contribution in [0.15, 0.2) is 97.1 Å². The van der Waals surface area contributed by atoms with Gasteiger partial charge in [0.15, 0.2) is 6.10 Å². The molecular weight excluding hydrogens is 360 g/mol. The van der Waals surface area contributed by atoms with Gasteiger partial charge < -0.3 is 9.47 Å². The molecule has 0 aliphatic heterocycles. The number of esters is 1. The van der Waals surface area contributed by atoms with E-state index in [0.29, 0.717) is 0 Å². The summed E-state index contributed by atoms with van der Waals surface area (Å²) in [5, 5.41) is 2.27. The summed E-state index contributed by atoms with van der Waals surface area (Å²) >= 11 is 0. The standard InChI is InChI=1S/C26H22O3/c1-28-24-15-13-21(14-16-24)26(29-25(27)17-19-7-3-2-4-8-19)23-12-11-20-9-5-6-10-22(20)18-23/h2-16,18,26H,17H2,1H3. The van der Waals surface area contributed by atoms with Gasteiger partial charge in [-0.25, -0.2) is 0 Å². The van der Waals surface area contributed by atoms with Crippen LogP contribution in [-0.4, -0.2) is 13.1 Å². The van der Waals surface area contributed by atoms with E-state index in [0.717, 1.165) is 33.2 Å². The quantitative estimate of drug-likeness (QED) is 0.400. The van der Waals surface area contributed by atoms with Crippen molar-refractivity contribution in [1.29, 1.82) is 0 Å². The topological polar surface area (TPSA) is 35.5 Å². The first-order valence-electron chi connectivity index (χ1n) is 9.59. The molecule has 4 aromatic carbocycles. The molecule has 4 aromatic rings. The number of fused-ring (bicyclic) bond motifs is 1. The molecule has 3 heteroatoms. The molecule has 0 heterocycles. The monoisotopic (exact) mass is 382 g/mol. The number of ether oxygens (including phenoxy) is 2. The highest BCUT2D eigenvalue weighted by Gasteiger charge is 2.20. The van der Waals surface area contributed by atoms with E-state index in [4.69, 9.17) is 9.47 Å². The molecular formula is C26H22O3. The Morgan fingerprint density at radius 1 is 0.759 bits per heavy atom. The summed E-state index contributed by atoms with van der Waals surface area (Å²) in [6.45, 7) is 0. The van der Waals surface area contributed by atoms with E-state index in [-0.39, 0.29) is 12.4 Å². The van der Waals surface area contributed by atoms with Crippen molar-refractivity contribution in [2.45, 2.75) is 12.5 Å². The molecule has 0 aliphatic carbocycles. The highest BCUT2D eigenvalue weighted by molar-refractivity contribution is 5.83. The van der Waals surface area contributed by atoms with Gasteiger partial charge in [0, 0.05) is 0 Å². The van der Waals surface area contributed by atoms with Gasteiger partial charge in [-0.3, -0.25) is 4.79 Å². The molecule has 1 unspecified atom stereocenters. The van der Waals surface area contributed by atoms with E-state index in [9.17, 15) is 4.79 Å². The number of hydrogen-bond donors (Lipinski definition) is 0. The fraction of sp³-hybridized carbons (Fsp3) is 0.115. The molecule has 0 radical (unpaired) electrons. The minimum atomic E-state index is -0.485. The van der Waals surface area contributed by atoms with Gasteiger partial charge in [-0.1, -0.05) is 78.9 Å². The highest BCUT2D eigenvalue weighted by atomic mass is 16.5. The summed E-state index contributed by atoms with van der Waals surface area (Å²) in [6, 6.07) is 31.6. The third kappa shape index (κ3) is 4.46.